The van der Waals surface area contributed by atoms with Gasteiger partial charge in [-0.1, -0.05) is 47.5 Å². The third-order valence-electron chi connectivity index (χ3n) is 6.88. The average molecular weight is 679 g/mol. The number of amides is 1. The summed E-state index contributed by atoms with van der Waals surface area (Å²) in [6.07, 6.45) is 4.77. The van der Waals surface area contributed by atoms with Crippen molar-refractivity contribution < 1.29 is 33.5 Å². The Morgan fingerprint density at radius 3 is 2.65 bits per heavy atom. The number of para-hydroxylation sites is 1. The zero-order valence-electron chi connectivity index (χ0n) is 24.0. The summed E-state index contributed by atoms with van der Waals surface area (Å²) in [5, 5.41) is 14.3. The fraction of sp³-hybridized carbons (Fsp3) is 0.414. The highest BCUT2D eigenvalue weighted by Gasteiger charge is 2.24. The van der Waals surface area contributed by atoms with Crippen molar-refractivity contribution in [2.45, 2.75) is 52.0 Å². The van der Waals surface area contributed by atoms with Crippen molar-refractivity contribution in [2.75, 3.05) is 30.8 Å². The topological polar surface area (TPSA) is 182 Å². The molecule has 0 unspecified atom stereocenters. The van der Waals surface area contributed by atoms with Gasteiger partial charge in [-0.3, -0.25) is 14.6 Å². The highest BCUT2D eigenvalue weighted by molar-refractivity contribution is 9.09. The minimum atomic E-state index is -4.93. The van der Waals surface area contributed by atoms with Crippen LogP contribution in [0.15, 0.2) is 36.4 Å². The summed E-state index contributed by atoms with van der Waals surface area (Å²) >= 11 is 3.12. The second kappa shape index (κ2) is 15.0. The molecule has 2 aromatic carbocycles. The number of pyridine rings is 1. The van der Waals surface area contributed by atoms with Gasteiger partial charge in [0.1, 0.15) is 11.3 Å². The zero-order chi connectivity index (χ0) is 31.0. The Labute approximate surface area is 258 Å². The molecule has 0 radical (unpaired) electrons. The number of anilines is 1. The summed E-state index contributed by atoms with van der Waals surface area (Å²) in [6, 6.07) is 10.6. The number of carbonyl (C=O) groups excluding carboxylic acids is 1. The van der Waals surface area contributed by atoms with Crippen LogP contribution in [0.25, 0.3) is 21.9 Å². The van der Waals surface area contributed by atoms with Crippen LogP contribution >= 0.6 is 23.8 Å². The lowest BCUT2D eigenvalue weighted by Gasteiger charge is -2.16. The number of aromatic hydroxyl groups is 1. The van der Waals surface area contributed by atoms with E-state index in [4.69, 9.17) is 20.0 Å². The highest BCUT2D eigenvalue weighted by atomic mass is 79.9. The number of nitrogen functional groups attached to an aromatic ring is 1. The van der Waals surface area contributed by atoms with Crippen LogP contribution in [0.3, 0.4) is 0 Å². The van der Waals surface area contributed by atoms with Gasteiger partial charge in [-0.2, -0.15) is 0 Å². The van der Waals surface area contributed by atoms with Crippen LogP contribution < -0.4 is 15.6 Å². The predicted octanol–water partition coefficient (Wildman–Crippen LogP) is 4.59. The van der Waals surface area contributed by atoms with Crippen molar-refractivity contribution in [3.63, 3.8) is 0 Å². The predicted molar refractivity (Wildman–Crippen MR) is 168 cm³/mol. The molecule has 1 amide bonds. The van der Waals surface area contributed by atoms with E-state index in [0.717, 1.165) is 54.4 Å². The van der Waals surface area contributed by atoms with Gasteiger partial charge in [0.15, 0.2) is 17.3 Å². The maximum absolute atomic E-state index is 11.7. The van der Waals surface area contributed by atoms with E-state index < -0.39 is 7.82 Å². The molecule has 6 N–H and O–H groups in total. The fourth-order valence-corrected chi connectivity index (χ4v) is 5.52. The van der Waals surface area contributed by atoms with Crippen LogP contribution in [-0.4, -0.2) is 60.4 Å². The number of hydrogen-bond acceptors (Lipinski definition) is 8. The second-order valence-electron chi connectivity index (χ2n) is 10.2. The summed E-state index contributed by atoms with van der Waals surface area (Å²) in [5.41, 5.74) is 9.83. The standard InChI is InChI=1S/C29H37BrN5O7P/c1-2-3-10-24-34-26-27(35(24)18-20-8-4-9-23(36)28(20)42-43(38,39)40)21-16-19(11-12-22(21)33-29(26)31)7-5-14-41-15-6-13-32-25(37)17-30/h4,8-9,11-12,16,36H,2-3,5-7,10,13-15,17-18H2,1H3,(H2,31,33)(H,32,37)(H2,38,39,40). The number of rotatable bonds is 16. The minimum Gasteiger partial charge on any atom is -0.504 e. The lowest BCUT2D eigenvalue weighted by molar-refractivity contribution is -0.118. The van der Waals surface area contributed by atoms with Crippen molar-refractivity contribution >= 4 is 57.4 Å². The number of nitrogens with zero attached hydrogens (tertiary/aromatic N) is 3. The molecule has 14 heteroatoms. The van der Waals surface area contributed by atoms with E-state index >= 15 is 0 Å². The number of alkyl halides is 1. The third-order valence-corrected chi connectivity index (χ3v) is 7.81. The number of phosphoric acid groups is 1. The average Bonchev–Trinajstić information content (AvgIpc) is 3.33. The SMILES string of the molecule is CCCCc1nc2c(N)nc3ccc(CCCOCCCNC(=O)CBr)cc3c2n1Cc1cccc(O)c1OP(=O)(O)O. The number of unbranched alkanes of at least 4 members (excludes halogenated alkanes) is 1. The highest BCUT2D eigenvalue weighted by Crippen LogP contribution is 2.44. The van der Waals surface area contributed by atoms with E-state index in [1.807, 2.05) is 16.7 Å². The minimum absolute atomic E-state index is 0.0442. The molecule has 0 saturated heterocycles. The van der Waals surface area contributed by atoms with Crippen molar-refractivity contribution in [1.82, 2.24) is 19.9 Å². The molecule has 232 valence electrons. The van der Waals surface area contributed by atoms with Gasteiger partial charge in [0.25, 0.3) is 0 Å². The number of ether oxygens (including phenoxy) is 1. The molecule has 43 heavy (non-hydrogen) atoms. The molecule has 0 atom stereocenters. The first kappa shape index (κ1) is 32.7. The number of hydrogen-bond donors (Lipinski definition) is 5. The van der Waals surface area contributed by atoms with Gasteiger partial charge in [0.05, 0.1) is 22.9 Å². The number of benzene rings is 2. The maximum atomic E-state index is 11.7. The summed E-state index contributed by atoms with van der Waals surface area (Å²) < 4.78 is 24.3. The zero-order valence-corrected chi connectivity index (χ0v) is 26.4. The number of imidazole rings is 1. The Kier molecular flexibility index (Phi) is 11.4. The van der Waals surface area contributed by atoms with Crippen LogP contribution in [0.2, 0.25) is 0 Å². The van der Waals surface area contributed by atoms with E-state index in [2.05, 4.69) is 39.2 Å². The molecule has 0 aliphatic carbocycles. The number of nitrogens with one attached hydrogen (secondary N) is 1. The Hall–Kier alpha value is -3.22. The van der Waals surface area contributed by atoms with Crippen LogP contribution in [0.5, 0.6) is 11.5 Å². The summed E-state index contributed by atoms with van der Waals surface area (Å²) in [7, 11) is -4.93. The number of halogens is 1. The normalized spacial score (nSPS) is 11.8. The molecule has 0 bridgehead atoms. The van der Waals surface area contributed by atoms with Crippen LogP contribution in [-0.2, 0) is 33.5 Å². The van der Waals surface area contributed by atoms with E-state index in [1.54, 1.807) is 12.1 Å². The molecule has 4 rings (SSSR count). The number of phenols is 1. The molecular formula is C29H37BrN5O7P. The number of aromatic nitrogens is 3. The number of phosphoric ester groups is 1. The fourth-order valence-electron chi connectivity index (χ4n) is 4.88. The van der Waals surface area contributed by atoms with E-state index in [1.165, 1.54) is 6.07 Å². The lowest BCUT2D eigenvalue weighted by Crippen LogP contribution is -2.26. The van der Waals surface area contributed by atoms with Crippen LogP contribution in [0, 0.1) is 0 Å². The van der Waals surface area contributed by atoms with Crippen molar-refractivity contribution in [3.8, 4) is 11.5 Å². The first-order valence-corrected chi connectivity index (χ1v) is 16.8. The Balaban J connectivity index is 1.63. The molecular weight excluding hydrogens is 641 g/mol. The largest absolute Gasteiger partial charge is 0.524 e. The van der Waals surface area contributed by atoms with Crippen molar-refractivity contribution in [3.05, 3.63) is 53.3 Å². The smallest absolute Gasteiger partial charge is 0.504 e. The summed E-state index contributed by atoms with van der Waals surface area (Å²) in [5.74, 6) is 0.332. The first-order chi connectivity index (χ1) is 20.6. The number of fused-ring (bicyclic) bond motifs is 3. The van der Waals surface area contributed by atoms with Gasteiger partial charge in [-0.25, -0.2) is 14.5 Å². The molecule has 0 spiro atoms. The monoisotopic (exact) mass is 677 g/mol. The molecule has 0 saturated carbocycles. The number of aryl methyl sites for hydroxylation is 2. The Morgan fingerprint density at radius 1 is 1.12 bits per heavy atom. The Morgan fingerprint density at radius 2 is 1.91 bits per heavy atom. The molecule has 12 nitrogen and oxygen atoms in total. The van der Waals surface area contributed by atoms with Gasteiger partial charge >= 0.3 is 7.82 Å². The maximum Gasteiger partial charge on any atom is 0.524 e. The molecule has 0 aliphatic heterocycles. The lowest BCUT2D eigenvalue weighted by atomic mass is 10.1. The number of nitrogens with two attached hydrogens (primary N) is 1. The number of carbonyl (C=O) groups is 1. The van der Waals surface area contributed by atoms with Crippen molar-refractivity contribution in [2.24, 2.45) is 0 Å². The quantitative estimate of drug-likeness (QED) is 0.0639. The molecule has 0 aliphatic rings. The van der Waals surface area contributed by atoms with Gasteiger partial charge < -0.3 is 30.0 Å². The molecule has 0 fully saturated rings. The van der Waals surface area contributed by atoms with Gasteiger partial charge in [-0.05, 0) is 49.4 Å². The van der Waals surface area contributed by atoms with E-state index in [-0.39, 0.29) is 35.1 Å². The van der Waals surface area contributed by atoms with Crippen LogP contribution in [0.4, 0.5) is 5.82 Å². The Bertz CT molecular complexity index is 1620. The van der Waals surface area contributed by atoms with Gasteiger partial charge in [0, 0.05) is 37.1 Å². The van der Waals surface area contributed by atoms with Gasteiger partial charge in [-0.15, -0.1) is 0 Å². The van der Waals surface area contributed by atoms with E-state index in [9.17, 15) is 24.3 Å². The van der Waals surface area contributed by atoms with Crippen LogP contribution in [0.1, 0.15) is 49.6 Å². The molecule has 4 aromatic rings. The second-order valence-corrected chi connectivity index (χ2v) is 11.9. The summed E-state index contributed by atoms with van der Waals surface area (Å²) in [6.45, 7) is 3.93. The summed E-state index contributed by atoms with van der Waals surface area (Å²) in [4.78, 5) is 39.7. The third kappa shape index (κ3) is 8.67. The van der Waals surface area contributed by atoms with Crippen molar-refractivity contribution in [1.29, 1.82) is 0 Å². The number of phenolic OH excluding ortho intramolecular Hbond substituents is 1. The van der Waals surface area contributed by atoms with Gasteiger partial charge in [0.2, 0.25) is 5.91 Å². The first-order valence-electron chi connectivity index (χ1n) is 14.1. The van der Waals surface area contributed by atoms with E-state index in [0.29, 0.717) is 42.8 Å². The molecule has 2 aromatic heterocycles. The molecule has 2 heterocycles.